The van der Waals surface area contributed by atoms with Crippen molar-refractivity contribution in [2.45, 2.75) is 47.0 Å². The number of carboxylic acid groups (broad SMARTS) is 1. The third-order valence-electron chi connectivity index (χ3n) is 3.79. The van der Waals surface area contributed by atoms with E-state index < -0.39 is 5.97 Å². The van der Waals surface area contributed by atoms with Crippen LogP contribution in [0.25, 0.3) is 0 Å². The molecule has 24 heavy (non-hydrogen) atoms. The lowest BCUT2D eigenvalue weighted by Gasteiger charge is -2.24. The lowest BCUT2D eigenvalue weighted by atomic mass is 9.99. The van der Waals surface area contributed by atoms with Gasteiger partial charge in [0.15, 0.2) is 5.78 Å². The summed E-state index contributed by atoms with van der Waals surface area (Å²) in [5, 5.41) is 8.81. The van der Waals surface area contributed by atoms with Gasteiger partial charge in [0.25, 0.3) is 0 Å². The largest absolute Gasteiger partial charge is 0.481 e. The van der Waals surface area contributed by atoms with Gasteiger partial charge in [-0.05, 0) is 31.4 Å². The van der Waals surface area contributed by atoms with Gasteiger partial charge in [-0.3, -0.25) is 14.4 Å². The number of rotatable bonds is 9. The molecule has 5 heteroatoms. The van der Waals surface area contributed by atoms with Crippen LogP contribution in [0.3, 0.4) is 0 Å². The van der Waals surface area contributed by atoms with E-state index in [1.807, 2.05) is 45.9 Å². The van der Waals surface area contributed by atoms with Crippen molar-refractivity contribution >= 4 is 17.7 Å². The Morgan fingerprint density at radius 2 is 1.75 bits per heavy atom. The van der Waals surface area contributed by atoms with Gasteiger partial charge >= 0.3 is 5.97 Å². The van der Waals surface area contributed by atoms with Gasteiger partial charge in [0.1, 0.15) is 0 Å². The van der Waals surface area contributed by atoms with E-state index in [9.17, 15) is 14.4 Å². The van der Waals surface area contributed by atoms with E-state index in [0.29, 0.717) is 12.1 Å². The van der Waals surface area contributed by atoms with E-state index in [0.717, 1.165) is 11.1 Å². The Kier molecular flexibility index (Phi) is 7.62. The molecule has 5 nitrogen and oxygen atoms in total. The second-order valence-corrected chi connectivity index (χ2v) is 6.62. The molecule has 0 aromatic heterocycles. The number of Topliss-reactive ketones (excluding diaryl/α,β-unsaturated/α-hetero) is 1. The molecule has 0 fully saturated rings. The lowest BCUT2D eigenvalue weighted by Crippen LogP contribution is -2.36. The number of hydrogen-bond donors (Lipinski definition) is 1. The third kappa shape index (κ3) is 6.52. The normalized spacial score (nSPS) is 10.7. The molecule has 0 aliphatic rings. The van der Waals surface area contributed by atoms with E-state index in [4.69, 9.17) is 5.11 Å². The van der Waals surface area contributed by atoms with Gasteiger partial charge < -0.3 is 10.0 Å². The summed E-state index contributed by atoms with van der Waals surface area (Å²) >= 11 is 0. The Bertz CT molecular complexity index is 607. The molecule has 1 amide bonds. The maximum atomic E-state index is 12.4. The highest BCUT2D eigenvalue weighted by Gasteiger charge is 2.18. The number of amides is 1. The zero-order valence-corrected chi connectivity index (χ0v) is 15.0. The molecule has 0 aliphatic carbocycles. The third-order valence-corrected chi connectivity index (χ3v) is 3.79. The summed E-state index contributed by atoms with van der Waals surface area (Å²) in [6.07, 6.45) is 0.173. The molecular weight excluding hydrogens is 306 g/mol. The van der Waals surface area contributed by atoms with Gasteiger partial charge in [0.05, 0.1) is 6.42 Å². The van der Waals surface area contributed by atoms with Crippen LogP contribution in [-0.4, -0.2) is 40.8 Å². The van der Waals surface area contributed by atoms with E-state index in [-0.39, 0.29) is 43.4 Å². The van der Waals surface area contributed by atoms with Crippen LogP contribution in [0.1, 0.15) is 54.6 Å². The molecule has 1 rings (SSSR count). The standard InChI is InChI=1S/C19H27NO4/c1-13(2)12-20(10-9-19(23)24)18(22)8-7-17(21)16-11-14(3)5-6-15(16)4/h5-6,11,13H,7-10,12H2,1-4H3,(H,23,24). The average Bonchev–Trinajstić information content (AvgIpc) is 2.50. The lowest BCUT2D eigenvalue weighted by molar-refractivity contribution is -0.138. The first-order valence-corrected chi connectivity index (χ1v) is 8.30. The molecule has 0 atom stereocenters. The Morgan fingerprint density at radius 1 is 1.08 bits per heavy atom. The average molecular weight is 333 g/mol. The number of carbonyl (C=O) groups excluding carboxylic acids is 2. The molecule has 0 saturated heterocycles. The van der Waals surface area contributed by atoms with Gasteiger partial charge in [-0.2, -0.15) is 0 Å². The summed E-state index contributed by atoms with van der Waals surface area (Å²) < 4.78 is 0. The van der Waals surface area contributed by atoms with Crippen LogP contribution in [0, 0.1) is 19.8 Å². The number of hydrogen-bond acceptors (Lipinski definition) is 3. The maximum absolute atomic E-state index is 12.4. The fourth-order valence-electron chi connectivity index (χ4n) is 2.54. The molecule has 0 unspecified atom stereocenters. The van der Waals surface area contributed by atoms with Crippen LogP contribution in [0.15, 0.2) is 18.2 Å². The quantitative estimate of drug-likeness (QED) is 0.704. The number of ketones is 1. The minimum Gasteiger partial charge on any atom is -0.481 e. The zero-order chi connectivity index (χ0) is 18.3. The Morgan fingerprint density at radius 3 is 2.33 bits per heavy atom. The Labute approximate surface area is 143 Å². The molecule has 1 aromatic carbocycles. The van der Waals surface area contributed by atoms with Crippen LogP contribution in [0.4, 0.5) is 0 Å². The SMILES string of the molecule is Cc1ccc(C)c(C(=O)CCC(=O)N(CCC(=O)O)CC(C)C)c1. The highest BCUT2D eigenvalue weighted by molar-refractivity contribution is 5.99. The molecule has 0 bridgehead atoms. The van der Waals surface area contributed by atoms with Crippen molar-refractivity contribution < 1.29 is 19.5 Å². The van der Waals surface area contributed by atoms with Gasteiger partial charge in [0, 0.05) is 31.5 Å². The molecule has 132 valence electrons. The van der Waals surface area contributed by atoms with Crippen molar-refractivity contribution in [2.75, 3.05) is 13.1 Å². The van der Waals surface area contributed by atoms with Crippen LogP contribution >= 0.6 is 0 Å². The van der Waals surface area contributed by atoms with Crippen molar-refractivity contribution in [1.82, 2.24) is 4.90 Å². The Balaban J connectivity index is 2.67. The van der Waals surface area contributed by atoms with Gasteiger partial charge in [-0.25, -0.2) is 0 Å². The summed E-state index contributed by atoms with van der Waals surface area (Å²) in [4.78, 5) is 37.0. The van der Waals surface area contributed by atoms with Crippen molar-refractivity contribution in [3.05, 3.63) is 34.9 Å². The van der Waals surface area contributed by atoms with E-state index in [1.165, 1.54) is 0 Å². The van der Waals surface area contributed by atoms with E-state index in [2.05, 4.69) is 0 Å². The van der Waals surface area contributed by atoms with E-state index in [1.54, 1.807) is 4.90 Å². The molecule has 1 aromatic rings. The predicted octanol–water partition coefficient (Wildman–Crippen LogP) is 3.23. The highest BCUT2D eigenvalue weighted by atomic mass is 16.4. The molecule has 0 spiro atoms. The molecule has 1 N–H and O–H groups in total. The van der Waals surface area contributed by atoms with Crippen LogP contribution in [0.2, 0.25) is 0 Å². The summed E-state index contributed by atoms with van der Waals surface area (Å²) in [7, 11) is 0. The minimum absolute atomic E-state index is 0.0488. The van der Waals surface area contributed by atoms with Gasteiger partial charge in [-0.1, -0.05) is 31.5 Å². The van der Waals surface area contributed by atoms with Gasteiger partial charge in [0.2, 0.25) is 5.91 Å². The van der Waals surface area contributed by atoms with Crippen LogP contribution < -0.4 is 0 Å². The monoisotopic (exact) mass is 333 g/mol. The first kappa shape index (κ1) is 19.9. The number of carboxylic acids is 1. The summed E-state index contributed by atoms with van der Waals surface area (Å²) in [6, 6.07) is 5.70. The second-order valence-electron chi connectivity index (χ2n) is 6.62. The molecular formula is C19H27NO4. The van der Waals surface area contributed by atoms with Crippen LogP contribution in [0.5, 0.6) is 0 Å². The smallest absolute Gasteiger partial charge is 0.305 e. The Hall–Kier alpha value is -2.17. The molecule has 0 radical (unpaired) electrons. The van der Waals surface area contributed by atoms with Crippen LogP contribution in [-0.2, 0) is 9.59 Å². The summed E-state index contributed by atoms with van der Waals surface area (Å²) in [5.41, 5.74) is 2.57. The summed E-state index contributed by atoms with van der Waals surface area (Å²) in [6.45, 7) is 8.45. The van der Waals surface area contributed by atoms with Crippen molar-refractivity contribution in [3.63, 3.8) is 0 Å². The topological polar surface area (TPSA) is 74.7 Å². The predicted molar refractivity (Wildman–Crippen MR) is 93.2 cm³/mol. The van der Waals surface area contributed by atoms with Crippen molar-refractivity contribution in [2.24, 2.45) is 5.92 Å². The number of carbonyl (C=O) groups is 3. The van der Waals surface area contributed by atoms with Gasteiger partial charge in [-0.15, -0.1) is 0 Å². The number of aryl methyl sites for hydroxylation is 2. The zero-order valence-electron chi connectivity index (χ0n) is 15.0. The first-order valence-electron chi connectivity index (χ1n) is 8.30. The molecule has 0 saturated carbocycles. The van der Waals surface area contributed by atoms with E-state index >= 15 is 0 Å². The van der Waals surface area contributed by atoms with Crippen molar-refractivity contribution in [1.29, 1.82) is 0 Å². The molecule has 0 heterocycles. The fraction of sp³-hybridized carbons (Fsp3) is 0.526. The highest BCUT2D eigenvalue weighted by Crippen LogP contribution is 2.15. The molecule has 0 aliphatic heterocycles. The number of benzene rings is 1. The van der Waals surface area contributed by atoms with Crippen molar-refractivity contribution in [3.8, 4) is 0 Å². The minimum atomic E-state index is -0.928. The second kappa shape index (κ2) is 9.21. The maximum Gasteiger partial charge on any atom is 0.305 e. The number of aliphatic carboxylic acids is 1. The fourth-order valence-corrected chi connectivity index (χ4v) is 2.54. The number of nitrogens with zero attached hydrogens (tertiary/aromatic N) is 1. The summed E-state index contributed by atoms with van der Waals surface area (Å²) in [5.74, 6) is -0.892. The first-order chi connectivity index (χ1) is 11.2.